The lowest BCUT2D eigenvalue weighted by Gasteiger charge is -2.28. The highest BCUT2D eigenvalue weighted by atomic mass is 16.2. The van der Waals surface area contributed by atoms with Crippen LogP contribution in [0, 0.1) is 0 Å². The van der Waals surface area contributed by atoms with E-state index in [-0.39, 0.29) is 18.0 Å². The first kappa shape index (κ1) is 19.1. The summed E-state index contributed by atoms with van der Waals surface area (Å²) in [5.74, 6) is 0.575. The highest BCUT2D eigenvalue weighted by Gasteiger charge is 2.15. The molecule has 1 heterocycles. The van der Waals surface area contributed by atoms with Crippen molar-refractivity contribution in [2.75, 3.05) is 32.1 Å². The number of hydrogen-bond acceptors (Lipinski definition) is 3. The van der Waals surface area contributed by atoms with Gasteiger partial charge >= 0.3 is 0 Å². The van der Waals surface area contributed by atoms with Crippen molar-refractivity contribution in [1.29, 1.82) is 0 Å². The number of hydrogen-bond donors (Lipinski definition) is 3. The van der Waals surface area contributed by atoms with Crippen molar-refractivity contribution in [3.63, 3.8) is 0 Å². The third kappa shape index (κ3) is 5.96. The van der Waals surface area contributed by atoms with Crippen molar-refractivity contribution in [3.8, 4) is 0 Å². The van der Waals surface area contributed by atoms with Crippen LogP contribution in [-0.4, -0.2) is 44.6 Å². The molecular weight excluding hydrogens is 314 g/mol. The summed E-state index contributed by atoms with van der Waals surface area (Å²) < 4.78 is 0. The van der Waals surface area contributed by atoms with E-state index in [0.29, 0.717) is 12.5 Å². The third-order valence-electron chi connectivity index (χ3n) is 4.11. The minimum atomic E-state index is -0.230. The molecule has 2 rings (SSSR count). The fourth-order valence-electron chi connectivity index (χ4n) is 2.98. The van der Waals surface area contributed by atoms with Crippen LogP contribution < -0.4 is 20.9 Å². The second-order valence-electron chi connectivity index (χ2n) is 7.57. The largest absolute Gasteiger partial charge is 0.374 e. The van der Waals surface area contributed by atoms with E-state index in [1.807, 2.05) is 20.8 Å². The Morgan fingerprint density at radius 3 is 2.72 bits per heavy atom. The third-order valence-corrected chi connectivity index (χ3v) is 4.11. The standard InChI is InChI=1S/C19H31N5O/c1-19(2,3)23-17(25)13-22-18(20-4)21-12-14-8-9-16-15(11-14)7-6-10-24(16)5/h8-9,11H,6-7,10,12-13H2,1-5H3,(H,23,25)(H2,20,21,22). The molecule has 25 heavy (non-hydrogen) atoms. The minimum Gasteiger partial charge on any atom is -0.374 e. The van der Waals surface area contributed by atoms with Gasteiger partial charge in [-0.2, -0.15) is 0 Å². The molecule has 1 aromatic rings. The van der Waals surface area contributed by atoms with E-state index >= 15 is 0 Å². The number of fused-ring (bicyclic) bond motifs is 1. The Labute approximate surface area is 151 Å². The summed E-state index contributed by atoms with van der Waals surface area (Å²) in [6, 6.07) is 6.60. The summed E-state index contributed by atoms with van der Waals surface area (Å²) in [5.41, 5.74) is 3.72. The monoisotopic (exact) mass is 345 g/mol. The number of aliphatic imine (C=N–C) groups is 1. The molecule has 0 bridgehead atoms. The molecule has 1 amide bonds. The Morgan fingerprint density at radius 1 is 1.28 bits per heavy atom. The second kappa shape index (κ2) is 8.23. The molecular formula is C19H31N5O. The number of nitrogens with zero attached hydrogens (tertiary/aromatic N) is 2. The van der Waals surface area contributed by atoms with E-state index in [2.05, 4.69) is 51.1 Å². The molecule has 3 N–H and O–H groups in total. The van der Waals surface area contributed by atoms with Crippen LogP contribution in [0.3, 0.4) is 0 Å². The van der Waals surface area contributed by atoms with Crippen molar-refractivity contribution in [1.82, 2.24) is 16.0 Å². The average molecular weight is 345 g/mol. The van der Waals surface area contributed by atoms with E-state index in [0.717, 1.165) is 13.0 Å². The van der Waals surface area contributed by atoms with E-state index in [4.69, 9.17) is 0 Å². The molecule has 6 heteroatoms. The number of rotatable bonds is 4. The fraction of sp³-hybridized carbons (Fsp3) is 0.579. The number of aryl methyl sites for hydroxylation is 1. The van der Waals surface area contributed by atoms with Crippen molar-refractivity contribution in [2.45, 2.75) is 45.7 Å². The number of amides is 1. The van der Waals surface area contributed by atoms with Gasteiger partial charge in [-0.3, -0.25) is 9.79 Å². The van der Waals surface area contributed by atoms with Gasteiger partial charge in [0.15, 0.2) is 5.96 Å². The van der Waals surface area contributed by atoms with Crippen LogP contribution in [0.25, 0.3) is 0 Å². The molecule has 1 aliphatic rings. The maximum Gasteiger partial charge on any atom is 0.239 e. The molecule has 1 aromatic carbocycles. The van der Waals surface area contributed by atoms with Gasteiger partial charge in [-0.05, 0) is 50.8 Å². The minimum absolute atomic E-state index is 0.0488. The molecule has 0 atom stereocenters. The molecule has 0 aromatic heterocycles. The van der Waals surface area contributed by atoms with Gasteiger partial charge in [0.1, 0.15) is 0 Å². The van der Waals surface area contributed by atoms with Crippen LogP contribution in [0.2, 0.25) is 0 Å². The normalized spacial score (nSPS) is 14.8. The molecule has 0 spiro atoms. The van der Waals surface area contributed by atoms with Crippen LogP contribution in [0.15, 0.2) is 23.2 Å². The highest BCUT2D eigenvalue weighted by Crippen LogP contribution is 2.26. The molecule has 0 radical (unpaired) electrons. The van der Waals surface area contributed by atoms with Gasteiger partial charge in [-0.1, -0.05) is 12.1 Å². The molecule has 0 aliphatic carbocycles. The zero-order chi connectivity index (χ0) is 18.4. The second-order valence-corrected chi connectivity index (χ2v) is 7.57. The number of nitrogens with one attached hydrogen (secondary N) is 3. The summed E-state index contributed by atoms with van der Waals surface area (Å²) in [6.45, 7) is 7.89. The van der Waals surface area contributed by atoms with Gasteiger partial charge in [0.2, 0.25) is 5.91 Å². The molecule has 0 fully saturated rings. The smallest absolute Gasteiger partial charge is 0.239 e. The summed E-state index contributed by atoms with van der Waals surface area (Å²) in [6.07, 6.45) is 2.33. The molecule has 6 nitrogen and oxygen atoms in total. The van der Waals surface area contributed by atoms with Gasteiger partial charge in [0.05, 0.1) is 6.54 Å². The van der Waals surface area contributed by atoms with Crippen molar-refractivity contribution in [3.05, 3.63) is 29.3 Å². The first-order chi connectivity index (χ1) is 11.8. The highest BCUT2D eigenvalue weighted by molar-refractivity contribution is 5.86. The van der Waals surface area contributed by atoms with Gasteiger partial charge < -0.3 is 20.9 Å². The Balaban J connectivity index is 1.86. The Kier molecular flexibility index (Phi) is 6.28. The summed E-state index contributed by atoms with van der Waals surface area (Å²) in [4.78, 5) is 18.4. The maximum atomic E-state index is 11.9. The van der Waals surface area contributed by atoms with Crippen molar-refractivity contribution >= 4 is 17.6 Å². The number of benzene rings is 1. The lowest BCUT2D eigenvalue weighted by Crippen LogP contribution is -2.48. The summed E-state index contributed by atoms with van der Waals surface area (Å²) >= 11 is 0. The summed E-state index contributed by atoms with van der Waals surface area (Å²) in [5, 5.41) is 9.24. The molecule has 0 unspecified atom stereocenters. The van der Waals surface area contributed by atoms with Crippen molar-refractivity contribution in [2.24, 2.45) is 4.99 Å². The first-order valence-electron chi connectivity index (χ1n) is 8.87. The Morgan fingerprint density at radius 2 is 2.04 bits per heavy atom. The number of carbonyl (C=O) groups is 1. The van der Waals surface area contributed by atoms with Crippen molar-refractivity contribution < 1.29 is 4.79 Å². The Hall–Kier alpha value is -2.24. The summed E-state index contributed by atoms with van der Waals surface area (Å²) in [7, 11) is 3.85. The SMILES string of the molecule is CN=C(NCC(=O)NC(C)(C)C)NCc1ccc2c(c1)CCCN2C. The van der Waals surface area contributed by atoms with E-state index in [1.165, 1.54) is 23.2 Å². The topological polar surface area (TPSA) is 68.8 Å². The van der Waals surface area contributed by atoms with Gasteiger partial charge in [-0.25, -0.2) is 0 Å². The van der Waals surface area contributed by atoms with Crippen LogP contribution in [0.4, 0.5) is 5.69 Å². The van der Waals surface area contributed by atoms with Crippen LogP contribution >= 0.6 is 0 Å². The number of anilines is 1. The maximum absolute atomic E-state index is 11.9. The van der Waals surface area contributed by atoms with Gasteiger partial charge in [0, 0.05) is 38.4 Å². The molecule has 0 saturated carbocycles. The lowest BCUT2D eigenvalue weighted by molar-refractivity contribution is -0.121. The predicted molar refractivity (Wildman–Crippen MR) is 104 cm³/mol. The van der Waals surface area contributed by atoms with Gasteiger partial charge in [0.25, 0.3) is 0 Å². The quantitative estimate of drug-likeness (QED) is 0.573. The van der Waals surface area contributed by atoms with Crippen LogP contribution in [-0.2, 0) is 17.8 Å². The lowest BCUT2D eigenvalue weighted by atomic mass is 9.99. The number of carbonyl (C=O) groups excluding carboxylic acids is 1. The molecule has 138 valence electrons. The van der Waals surface area contributed by atoms with E-state index < -0.39 is 0 Å². The number of guanidine groups is 1. The van der Waals surface area contributed by atoms with E-state index in [1.54, 1.807) is 7.05 Å². The van der Waals surface area contributed by atoms with Crippen LogP contribution in [0.1, 0.15) is 38.3 Å². The van der Waals surface area contributed by atoms with E-state index in [9.17, 15) is 4.79 Å². The van der Waals surface area contributed by atoms with Gasteiger partial charge in [-0.15, -0.1) is 0 Å². The molecule has 0 saturated heterocycles. The Bertz CT molecular complexity index is 633. The zero-order valence-electron chi connectivity index (χ0n) is 16.1. The average Bonchev–Trinajstić information content (AvgIpc) is 2.53. The first-order valence-corrected chi connectivity index (χ1v) is 8.87. The fourth-order valence-corrected chi connectivity index (χ4v) is 2.98. The zero-order valence-corrected chi connectivity index (χ0v) is 16.1. The predicted octanol–water partition coefficient (Wildman–Crippen LogP) is 1.65. The van der Waals surface area contributed by atoms with Crippen LogP contribution in [0.5, 0.6) is 0 Å². The molecule has 1 aliphatic heterocycles.